The van der Waals surface area contributed by atoms with Crippen molar-refractivity contribution in [3.63, 3.8) is 0 Å². The molecule has 0 amide bonds. The van der Waals surface area contributed by atoms with Gasteiger partial charge in [-0.25, -0.2) is 4.98 Å². The quantitative estimate of drug-likeness (QED) is 0.521. The van der Waals surface area contributed by atoms with Crippen LogP contribution in [0.3, 0.4) is 0 Å². The van der Waals surface area contributed by atoms with E-state index in [-0.39, 0.29) is 0 Å². The minimum atomic E-state index is 0.303. The fourth-order valence-electron chi connectivity index (χ4n) is 0.621. The third kappa shape index (κ3) is 1.26. The van der Waals surface area contributed by atoms with Crippen molar-refractivity contribution in [3.8, 4) is 0 Å². The minimum Gasteiger partial charge on any atom is -0.383 e. The van der Waals surface area contributed by atoms with Crippen LogP contribution >= 0.6 is 0 Å². The molecule has 0 aliphatic rings. The van der Waals surface area contributed by atoms with Crippen molar-refractivity contribution in [2.45, 2.75) is 13.3 Å². The van der Waals surface area contributed by atoms with Gasteiger partial charge in [-0.05, 0) is 6.42 Å². The van der Waals surface area contributed by atoms with Crippen molar-refractivity contribution in [2.24, 2.45) is 0 Å². The first-order valence-electron chi connectivity index (χ1n) is 3.11. The Balaban J connectivity index is 3.04. The highest BCUT2D eigenvalue weighted by molar-refractivity contribution is 6.33. The smallest absolute Gasteiger partial charge is 0.147 e. The Bertz CT molecular complexity index is 236. The fraction of sp³-hybridized carbons (Fsp3) is 0.333. The van der Waals surface area contributed by atoms with E-state index >= 15 is 0 Å². The molecule has 1 aromatic heterocycles. The van der Waals surface area contributed by atoms with E-state index in [1.54, 1.807) is 6.20 Å². The summed E-state index contributed by atoms with van der Waals surface area (Å²) in [6.07, 6.45) is 2.46. The van der Waals surface area contributed by atoms with E-state index in [9.17, 15) is 0 Å². The number of hydrogen-bond donors (Lipinski definition) is 1. The summed E-state index contributed by atoms with van der Waals surface area (Å²) in [6, 6.07) is 0. The number of rotatable bonds is 1. The van der Waals surface area contributed by atoms with E-state index in [1.807, 2.05) is 6.92 Å². The number of aromatic nitrogens is 2. The molecule has 0 saturated heterocycles. The van der Waals surface area contributed by atoms with Gasteiger partial charge in [0.1, 0.15) is 13.7 Å². The van der Waals surface area contributed by atoms with Gasteiger partial charge in [0.25, 0.3) is 0 Å². The molecule has 0 aliphatic heterocycles. The summed E-state index contributed by atoms with van der Waals surface area (Å²) in [4.78, 5) is 7.82. The van der Waals surface area contributed by atoms with Crippen molar-refractivity contribution < 1.29 is 0 Å². The summed E-state index contributed by atoms with van der Waals surface area (Å²) in [5.41, 5.74) is 6.53. The number of hydrogen-bond acceptors (Lipinski definition) is 3. The molecule has 4 heteroatoms. The van der Waals surface area contributed by atoms with Crippen LogP contribution in [0.4, 0.5) is 5.82 Å². The van der Waals surface area contributed by atoms with E-state index in [1.165, 1.54) is 0 Å². The summed E-state index contributed by atoms with van der Waals surface area (Å²) in [6.45, 7) is 1.99. The second kappa shape index (κ2) is 2.69. The third-order valence-corrected chi connectivity index (χ3v) is 1.24. The maximum Gasteiger partial charge on any atom is 0.147 e. The molecule has 2 N–H and O–H groups in total. The van der Waals surface area contributed by atoms with Gasteiger partial charge in [-0.3, -0.25) is 4.98 Å². The topological polar surface area (TPSA) is 51.8 Å². The number of nitrogens with zero attached hydrogens (tertiary/aromatic N) is 2. The first-order chi connectivity index (χ1) is 4.74. The normalized spacial score (nSPS) is 9.70. The Morgan fingerprint density at radius 3 is 2.90 bits per heavy atom. The number of nitrogen functional groups attached to an aromatic ring is 1. The maximum atomic E-state index is 5.40. The minimum absolute atomic E-state index is 0.303. The van der Waals surface area contributed by atoms with Gasteiger partial charge in [-0.15, -0.1) is 0 Å². The zero-order valence-corrected chi connectivity index (χ0v) is 5.83. The van der Waals surface area contributed by atoms with Gasteiger partial charge < -0.3 is 5.73 Å². The van der Waals surface area contributed by atoms with E-state index in [0.29, 0.717) is 11.4 Å². The van der Waals surface area contributed by atoms with Gasteiger partial charge in [-0.2, -0.15) is 0 Å². The Hall–Kier alpha value is -1.06. The van der Waals surface area contributed by atoms with E-state index in [0.717, 1.165) is 12.1 Å². The Kier molecular flexibility index (Phi) is 1.90. The van der Waals surface area contributed by atoms with Gasteiger partial charge in [0, 0.05) is 5.59 Å². The molecule has 1 heterocycles. The molecule has 0 unspecified atom stereocenters. The largest absolute Gasteiger partial charge is 0.383 e. The molecule has 0 aromatic carbocycles. The molecule has 1 aromatic rings. The highest BCUT2D eigenvalue weighted by atomic mass is 14.9. The monoisotopic (exact) mass is 133 g/mol. The lowest BCUT2D eigenvalue weighted by Crippen LogP contribution is -2.17. The Labute approximate surface area is 61.1 Å². The average Bonchev–Trinajstić information content (AvgIpc) is 1.95. The fourth-order valence-corrected chi connectivity index (χ4v) is 0.621. The molecule has 2 radical (unpaired) electrons. The van der Waals surface area contributed by atoms with Crippen LogP contribution in [0.15, 0.2) is 6.20 Å². The second-order valence-corrected chi connectivity index (χ2v) is 1.99. The van der Waals surface area contributed by atoms with Gasteiger partial charge in [-0.1, -0.05) is 6.92 Å². The lowest BCUT2D eigenvalue weighted by molar-refractivity contribution is 1.02. The highest BCUT2D eigenvalue weighted by Crippen LogP contribution is 1.92. The zero-order chi connectivity index (χ0) is 7.56. The van der Waals surface area contributed by atoms with Crippen LogP contribution in [0.2, 0.25) is 0 Å². The third-order valence-electron chi connectivity index (χ3n) is 1.24. The summed E-state index contributed by atoms with van der Waals surface area (Å²) in [5.74, 6) is 0.303. The van der Waals surface area contributed by atoms with E-state index in [2.05, 4.69) is 9.97 Å². The van der Waals surface area contributed by atoms with Crippen molar-refractivity contribution in [1.29, 1.82) is 0 Å². The van der Waals surface area contributed by atoms with Gasteiger partial charge in [0.2, 0.25) is 0 Å². The van der Waals surface area contributed by atoms with Crippen LogP contribution in [0.1, 0.15) is 12.6 Å². The van der Waals surface area contributed by atoms with Crippen LogP contribution in [0, 0.1) is 0 Å². The van der Waals surface area contributed by atoms with Crippen LogP contribution < -0.4 is 11.3 Å². The van der Waals surface area contributed by atoms with Crippen LogP contribution in [-0.4, -0.2) is 17.8 Å². The molecule has 10 heavy (non-hydrogen) atoms. The molecule has 3 nitrogen and oxygen atoms in total. The second-order valence-electron chi connectivity index (χ2n) is 1.99. The summed E-state index contributed by atoms with van der Waals surface area (Å²) >= 11 is 0. The van der Waals surface area contributed by atoms with Crippen molar-refractivity contribution >= 4 is 19.3 Å². The SMILES string of the molecule is [B]c1nc(CC)cnc1N. The molecule has 0 saturated carbocycles. The Morgan fingerprint density at radius 2 is 2.40 bits per heavy atom. The van der Waals surface area contributed by atoms with E-state index in [4.69, 9.17) is 13.6 Å². The van der Waals surface area contributed by atoms with Crippen LogP contribution in [-0.2, 0) is 6.42 Å². The van der Waals surface area contributed by atoms with Crippen molar-refractivity contribution in [3.05, 3.63) is 11.9 Å². The predicted octanol–water partition coefficient (Wildman–Crippen LogP) is -0.585. The molecule has 0 fully saturated rings. The zero-order valence-electron chi connectivity index (χ0n) is 5.83. The van der Waals surface area contributed by atoms with Gasteiger partial charge in [0.15, 0.2) is 0 Å². The molecule has 50 valence electrons. The lowest BCUT2D eigenvalue weighted by atomic mass is 10.0. The predicted molar refractivity (Wildman–Crippen MR) is 41.2 cm³/mol. The molecule has 1 rings (SSSR count). The summed E-state index contributed by atoms with van der Waals surface area (Å²) in [5, 5.41) is 0. The molecule has 0 atom stereocenters. The highest BCUT2D eigenvalue weighted by Gasteiger charge is 1.95. The average molecular weight is 133 g/mol. The van der Waals surface area contributed by atoms with Crippen LogP contribution in [0.5, 0.6) is 0 Å². The van der Waals surface area contributed by atoms with Gasteiger partial charge >= 0.3 is 0 Å². The van der Waals surface area contributed by atoms with Crippen molar-refractivity contribution in [1.82, 2.24) is 9.97 Å². The molecule has 0 aliphatic carbocycles. The Morgan fingerprint density at radius 1 is 1.70 bits per heavy atom. The first kappa shape index (κ1) is 7.06. The van der Waals surface area contributed by atoms with E-state index < -0.39 is 0 Å². The number of aryl methyl sites for hydroxylation is 1. The van der Waals surface area contributed by atoms with Crippen LogP contribution in [0.25, 0.3) is 0 Å². The lowest BCUT2D eigenvalue weighted by Gasteiger charge is -1.99. The molecular weight excluding hydrogens is 125 g/mol. The summed E-state index contributed by atoms with van der Waals surface area (Å²) in [7, 11) is 5.40. The van der Waals surface area contributed by atoms with Gasteiger partial charge in [0.05, 0.1) is 11.9 Å². The first-order valence-corrected chi connectivity index (χ1v) is 3.11. The number of nitrogens with two attached hydrogens (primary N) is 1. The molecular formula is C6H8BN3. The number of anilines is 1. The van der Waals surface area contributed by atoms with Crippen molar-refractivity contribution in [2.75, 3.05) is 5.73 Å². The standard InChI is InChI=1S/C6H8BN3/c1-2-4-3-9-6(8)5(7)10-4/h3H,2H2,1H3,(H2,8,9). The summed E-state index contributed by atoms with van der Waals surface area (Å²) < 4.78 is 0. The molecule has 0 bridgehead atoms. The molecule has 0 spiro atoms. The maximum absolute atomic E-state index is 5.40.